The average molecular weight is 424 g/mol. The molecule has 0 saturated heterocycles. The van der Waals surface area contributed by atoms with Gasteiger partial charge in [-0.1, -0.05) is 81.2 Å². The summed E-state index contributed by atoms with van der Waals surface area (Å²) in [4.78, 5) is 0. The number of hydrogen-bond acceptors (Lipinski definition) is 1. The molecule has 0 amide bonds. The van der Waals surface area contributed by atoms with E-state index in [2.05, 4.69) is 5.32 Å². The fraction of sp³-hybridized carbons (Fsp3) is 0.0769. The minimum absolute atomic E-state index is 0.333. The summed E-state index contributed by atoms with van der Waals surface area (Å²) < 4.78 is 0. The largest absolute Gasteiger partial charge is 0.363 e. The number of alkyl halides is 1. The van der Waals surface area contributed by atoms with Crippen LogP contribution in [0.15, 0.2) is 24.3 Å². The van der Waals surface area contributed by atoms with E-state index in [4.69, 9.17) is 81.2 Å². The fourth-order valence-corrected chi connectivity index (χ4v) is 4.09. The Morgan fingerprint density at radius 2 is 1.05 bits per heavy atom. The van der Waals surface area contributed by atoms with Gasteiger partial charge in [0.1, 0.15) is 5.50 Å². The molecule has 0 saturated carbocycles. The Balaban J connectivity index is 2.37. The van der Waals surface area contributed by atoms with Crippen LogP contribution in [0.1, 0.15) is 11.1 Å². The van der Waals surface area contributed by atoms with Crippen molar-refractivity contribution in [3.63, 3.8) is 0 Å². The SMILES string of the molecule is Clc1cc(Cl)c(NC(Cl)c2c(Cl)cc(Cl)cc2Cl)c(Cl)c1. The lowest BCUT2D eigenvalue weighted by Gasteiger charge is -2.18. The molecule has 21 heavy (non-hydrogen) atoms. The van der Waals surface area contributed by atoms with Crippen molar-refractivity contribution in [1.29, 1.82) is 0 Å². The number of nitrogens with one attached hydrogen (secondary N) is 1. The van der Waals surface area contributed by atoms with Gasteiger partial charge in [0.2, 0.25) is 0 Å². The lowest BCUT2D eigenvalue weighted by molar-refractivity contribution is 1.10. The van der Waals surface area contributed by atoms with Crippen LogP contribution in [0, 0.1) is 0 Å². The van der Waals surface area contributed by atoms with Crippen molar-refractivity contribution in [3.05, 3.63) is 60.0 Å². The predicted octanol–water partition coefficient (Wildman–Crippen LogP) is 7.96. The first-order valence-electron chi connectivity index (χ1n) is 5.49. The summed E-state index contributed by atoms with van der Waals surface area (Å²) in [6, 6.07) is 6.19. The van der Waals surface area contributed by atoms with Crippen molar-refractivity contribution in [3.8, 4) is 0 Å². The molecule has 0 fully saturated rings. The molecule has 2 rings (SSSR count). The second-order valence-electron chi connectivity index (χ2n) is 4.03. The number of benzene rings is 2. The molecule has 0 aliphatic carbocycles. The Labute approximate surface area is 157 Å². The topological polar surface area (TPSA) is 12.0 Å². The second kappa shape index (κ2) is 7.23. The first-order valence-corrected chi connectivity index (χ1v) is 8.19. The van der Waals surface area contributed by atoms with Crippen LogP contribution in [0.3, 0.4) is 0 Å². The van der Waals surface area contributed by atoms with E-state index in [1.165, 1.54) is 0 Å². The van der Waals surface area contributed by atoms with E-state index < -0.39 is 5.50 Å². The predicted molar refractivity (Wildman–Crippen MR) is 95.2 cm³/mol. The zero-order chi connectivity index (χ0) is 15.7. The molecule has 8 heteroatoms. The highest BCUT2D eigenvalue weighted by molar-refractivity contribution is 6.43. The van der Waals surface area contributed by atoms with E-state index in [9.17, 15) is 0 Å². The van der Waals surface area contributed by atoms with Gasteiger partial charge >= 0.3 is 0 Å². The molecule has 0 aliphatic rings. The van der Waals surface area contributed by atoms with Crippen LogP contribution in [0.2, 0.25) is 30.1 Å². The third kappa shape index (κ3) is 4.17. The van der Waals surface area contributed by atoms with Crippen LogP contribution in [0.5, 0.6) is 0 Å². The quantitative estimate of drug-likeness (QED) is 0.389. The summed E-state index contributed by atoms with van der Waals surface area (Å²) in [6.07, 6.45) is 0. The summed E-state index contributed by atoms with van der Waals surface area (Å²) >= 11 is 42.5. The smallest absolute Gasteiger partial charge is 0.130 e. The van der Waals surface area contributed by atoms with Gasteiger partial charge in [0.15, 0.2) is 0 Å². The molecule has 1 atom stereocenters. The molecule has 112 valence electrons. The van der Waals surface area contributed by atoms with Crippen molar-refractivity contribution in [2.45, 2.75) is 5.50 Å². The zero-order valence-corrected chi connectivity index (χ0v) is 15.3. The minimum Gasteiger partial charge on any atom is -0.363 e. The van der Waals surface area contributed by atoms with Gasteiger partial charge in [-0.3, -0.25) is 0 Å². The Bertz CT molecular complexity index is 640. The van der Waals surface area contributed by atoms with E-state index in [0.717, 1.165) is 0 Å². The van der Waals surface area contributed by atoms with Crippen molar-refractivity contribution < 1.29 is 0 Å². The van der Waals surface area contributed by atoms with Crippen molar-refractivity contribution in [1.82, 2.24) is 0 Å². The van der Waals surface area contributed by atoms with Gasteiger partial charge in [0, 0.05) is 15.6 Å². The van der Waals surface area contributed by atoms with Crippen molar-refractivity contribution >= 4 is 86.9 Å². The number of hydrogen-bond donors (Lipinski definition) is 1. The van der Waals surface area contributed by atoms with E-state index in [0.29, 0.717) is 41.4 Å². The van der Waals surface area contributed by atoms with Gasteiger partial charge in [0.25, 0.3) is 0 Å². The second-order valence-corrected chi connectivity index (χ2v) is 6.97. The van der Waals surface area contributed by atoms with Gasteiger partial charge in [-0.2, -0.15) is 0 Å². The highest BCUT2D eigenvalue weighted by Crippen LogP contribution is 2.40. The molecule has 0 heterocycles. The first kappa shape index (κ1) is 17.6. The molecule has 1 N–H and O–H groups in total. The molecule has 0 aliphatic heterocycles. The molecule has 1 nitrogen and oxygen atoms in total. The van der Waals surface area contributed by atoms with Gasteiger partial charge in [-0.05, 0) is 24.3 Å². The van der Waals surface area contributed by atoms with Crippen LogP contribution < -0.4 is 5.32 Å². The lowest BCUT2D eigenvalue weighted by atomic mass is 10.2. The highest BCUT2D eigenvalue weighted by Gasteiger charge is 2.19. The first-order chi connectivity index (χ1) is 9.79. The van der Waals surface area contributed by atoms with Crippen molar-refractivity contribution in [2.24, 2.45) is 0 Å². The van der Waals surface area contributed by atoms with Crippen LogP contribution >= 0.6 is 81.2 Å². The van der Waals surface area contributed by atoms with E-state index in [1.807, 2.05) is 0 Å². The molecule has 0 bridgehead atoms. The fourth-order valence-electron chi connectivity index (χ4n) is 1.67. The van der Waals surface area contributed by atoms with Crippen molar-refractivity contribution in [2.75, 3.05) is 5.32 Å². The van der Waals surface area contributed by atoms with Gasteiger partial charge < -0.3 is 5.32 Å². The van der Waals surface area contributed by atoms with E-state index in [1.54, 1.807) is 24.3 Å². The molecule has 0 radical (unpaired) electrons. The Kier molecular flexibility index (Phi) is 6.07. The summed E-state index contributed by atoms with van der Waals surface area (Å²) in [5.74, 6) is 0. The molecular formula is C13H6Cl7N. The molecule has 0 spiro atoms. The summed E-state index contributed by atoms with van der Waals surface area (Å²) in [5, 5.41) is 5.13. The van der Waals surface area contributed by atoms with E-state index >= 15 is 0 Å². The summed E-state index contributed by atoms with van der Waals surface area (Å²) in [7, 11) is 0. The van der Waals surface area contributed by atoms with Crippen LogP contribution in [0.4, 0.5) is 5.69 Å². The van der Waals surface area contributed by atoms with Gasteiger partial charge in [0.05, 0.1) is 25.8 Å². The molecule has 2 aromatic rings. The Morgan fingerprint density at radius 1 is 0.667 bits per heavy atom. The lowest BCUT2D eigenvalue weighted by Crippen LogP contribution is -2.06. The maximum atomic E-state index is 6.31. The maximum absolute atomic E-state index is 6.31. The summed E-state index contributed by atoms with van der Waals surface area (Å²) in [6.45, 7) is 0. The van der Waals surface area contributed by atoms with Crippen LogP contribution in [-0.2, 0) is 0 Å². The zero-order valence-electron chi connectivity index (χ0n) is 10.0. The highest BCUT2D eigenvalue weighted by atomic mass is 35.5. The Morgan fingerprint density at radius 3 is 1.48 bits per heavy atom. The van der Waals surface area contributed by atoms with Crippen LogP contribution in [0.25, 0.3) is 0 Å². The average Bonchev–Trinajstić information content (AvgIpc) is 2.32. The monoisotopic (exact) mass is 421 g/mol. The molecule has 0 aromatic heterocycles. The van der Waals surface area contributed by atoms with Gasteiger partial charge in [-0.15, -0.1) is 0 Å². The van der Waals surface area contributed by atoms with Crippen LogP contribution in [-0.4, -0.2) is 0 Å². The normalized spacial score (nSPS) is 12.3. The third-order valence-electron chi connectivity index (χ3n) is 2.58. The number of halogens is 7. The van der Waals surface area contributed by atoms with E-state index in [-0.39, 0.29) is 0 Å². The molecular weight excluding hydrogens is 418 g/mol. The minimum atomic E-state index is -0.751. The summed E-state index contributed by atoms with van der Waals surface area (Å²) in [5.41, 5.74) is 0.162. The standard InChI is InChI=1S/C13H6Cl7N/c14-5-1-7(16)11(8(17)2-5)13(20)21-12-9(18)3-6(15)4-10(12)19/h1-4,13,21H. The number of anilines is 1. The Hall–Kier alpha value is 0.270. The molecule has 2 aromatic carbocycles. The number of rotatable bonds is 3. The third-order valence-corrected chi connectivity index (χ3v) is 4.56. The molecule has 1 unspecified atom stereocenters. The maximum Gasteiger partial charge on any atom is 0.130 e. The van der Waals surface area contributed by atoms with Gasteiger partial charge in [-0.25, -0.2) is 0 Å².